The average molecular weight is 1080 g/mol. The van der Waals surface area contributed by atoms with Gasteiger partial charge in [-0.2, -0.15) is 0 Å². The van der Waals surface area contributed by atoms with Gasteiger partial charge in [-0.15, -0.1) is 23.3 Å². The Morgan fingerprint density at radius 1 is 0.629 bits per heavy atom. The van der Waals surface area contributed by atoms with Crippen LogP contribution in [0.25, 0.3) is 22.5 Å². The molecule has 18 heteroatoms. The molecule has 5 unspecified atom stereocenters. The number of likely N-dealkylation sites (tertiary alicyclic amines) is 2. The smallest absolute Gasteiger partial charge is 0.410 e. The Morgan fingerprint density at radius 3 is 1.49 bits per heavy atom. The van der Waals surface area contributed by atoms with Gasteiger partial charge in [-0.05, 0) is 147 Å². The number of nitrogens with zero attached hydrogens (tertiary/aromatic N) is 4. The number of carbonyl (C=O) groups is 2. The van der Waals surface area contributed by atoms with Crippen molar-refractivity contribution in [3.8, 4) is 22.5 Å². The van der Waals surface area contributed by atoms with Crippen molar-refractivity contribution >= 4 is 81.9 Å². The number of thiol groups is 2. The maximum absolute atomic E-state index is 12.5. The van der Waals surface area contributed by atoms with Crippen LogP contribution in [0.4, 0.5) is 9.59 Å². The molecule has 10 rings (SSSR count). The van der Waals surface area contributed by atoms with Crippen LogP contribution in [0.1, 0.15) is 134 Å². The van der Waals surface area contributed by atoms with Gasteiger partial charge in [0.05, 0.1) is 39.9 Å². The third-order valence-corrected chi connectivity index (χ3v) is 15.1. The van der Waals surface area contributed by atoms with Crippen LogP contribution in [-0.4, -0.2) is 83.4 Å². The summed E-state index contributed by atoms with van der Waals surface area (Å²) in [4.78, 5) is 28.1. The molecule has 4 aliphatic carbocycles. The highest BCUT2D eigenvalue weighted by Gasteiger charge is 2.45. The molecule has 2 amide bonds. The fraction of sp³-hybridized carbons (Fsp3) is 0.615. The minimum Gasteiger partial charge on any atom is -0.444 e. The first-order chi connectivity index (χ1) is 33.4. The quantitative estimate of drug-likeness (QED) is 0.117. The van der Waals surface area contributed by atoms with Gasteiger partial charge in [-0.25, -0.2) is 9.59 Å². The topological polar surface area (TPSA) is 130 Å². The van der Waals surface area contributed by atoms with Crippen LogP contribution in [0.5, 0.6) is 0 Å². The number of benzene rings is 2. The van der Waals surface area contributed by atoms with Crippen molar-refractivity contribution in [3.05, 3.63) is 79.1 Å². The molecule has 2 aromatic carbocycles. The van der Waals surface area contributed by atoms with Gasteiger partial charge in [0.15, 0.2) is 0 Å². The average Bonchev–Trinajstić information content (AvgIpc) is 3.92. The molecule has 5 atom stereocenters. The van der Waals surface area contributed by atoms with Crippen molar-refractivity contribution in [2.75, 3.05) is 39.9 Å². The third kappa shape index (κ3) is 13.9. The number of hydrogen-bond donors (Lipinski definition) is 2. The Labute approximate surface area is 443 Å². The normalized spacial score (nSPS) is 22.6. The summed E-state index contributed by atoms with van der Waals surface area (Å²) in [5.41, 5.74) is 3.86. The number of halogens is 4. The lowest BCUT2D eigenvalue weighted by Gasteiger charge is -2.25. The van der Waals surface area contributed by atoms with E-state index in [0.717, 1.165) is 99.2 Å². The maximum Gasteiger partial charge on any atom is 0.410 e. The van der Waals surface area contributed by atoms with Crippen molar-refractivity contribution in [1.82, 2.24) is 20.1 Å². The van der Waals surface area contributed by atoms with E-state index in [1.807, 2.05) is 75.6 Å². The van der Waals surface area contributed by atoms with Gasteiger partial charge >= 0.3 is 12.2 Å². The molecule has 6 aliphatic rings. The molecule has 4 aromatic rings. The minimum absolute atomic E-state index is 0.128. The van der Waals surface area contributed by atoms with E-state index in [-0.39, 0.29) is 17.8 Å². The van der Waals surface area contributed by atoms with E-state index in [9.17, 15) is 9.59 Å². The monoisotopic (exact) mass is 1080 g/mol. The van der Waals surface area contributed by atoms with Crippen LogP contribution in [-0.2, 0) is 32.2 Å². The molecular weight excluding hydrogens is 1010 g/mol. The Bertz CT molecular complexity index is 2360. The van der Waals surface area contributed by atoms with Crippen LogP contribution < -0.4 is 0 Å². The number of rotatable bonds is 10. The van der Waals surface area contributed by atoms with Gasteiger partial charge in [0.25, 0.3) is 0 Å². The van der Waals surface area contributed by atoms with E-state index in [2.05, 4.69) is 33.6 Å². The van der Waals surface area contributed by atoms with E-state index >= 15 is 0 Å². The number of fused-ring (bicyclic) bond motifs is 2. The Kier molecular flexibility index (Phi) is 18.9. The highest BCUT2D eigenvalue weighted by atomic mass is 35.5. The third-order valence-electron chi connectivity index (χ3n) is 13.8. The van der Waals surface area contributed by atoms with E-state index < -0.39 is 5.60 Å². The molecule has 2 saturated heterocycles. The first kappa shape index (κ1) is 54.9. The number of ether oxygens (including phenoxy) is 4. The van der Waals surface area contributed by atoms with Crippen molar-refractivity contribution in [2.45, 2.75) is 136 Å². The van der Waals surface area contributed by atoms with Crippen LogP contribution in [0.15, 0.2) is 45.4 Å². The SMILES string of the molecule is CC(C)(C)OC(=O)N1CC2CCC(COCc3c(-c4c(Cl)cccc4Cl)noc3C3CC3)C2C1.CC(C)(C)OC(=O)N1CC2CCCC2C1.COCc1c(-c2c(Cl)cccc2Cl)noc1C1CC1.SS. The molecule has 0 N–H and O–H groups in total. The Morgan fingerprint density at radius 2 is 1.06 bits per heavy atom. The fourth-order valence-corrected chi connectivity index (χ4v) is 11.5. The van der Waals surface area contributed by atoms with Crippen LogP contribution >= 0.6 is 69.7 Å². The molecular formula is C52H68Cl4N4O8S2. The number of amides is 2. The molecule has 384 valence electrons. The molecule has 2 aliphatic heterocycles. The second kappa shape index (κ2) is 24.0. The lowest BCUT2D eigenvalue weighted by Crippen LogP contribution is -2.36. The maximum atomic E-state index is 12.5. The van der Waals surface area contributed by atoms with Crippen LogP contribution in [0, 0.1) is 29.6 Å². The first-order valence-corrected chi connectivity index (χ1v) is 27.6. The molecule has 70 heavy (non-hydrogen) atoms. The minimum atomic E-state index is -0.475. The van der Waals surface area contributed by atoms with E-state index in [1.165, 1.54) is 19.3 Å². The van der Waals surface area contributed by atoms with Gasteiger partial charge in [-0.1, -0.05) is 75.3 Å². The second-order valence-electron chi connectivity index (χ2n) is 21.4. The standard InChI is InChI=1S/C26H32Cl2N2O4.C14H13Cl2NO2.C12H21NO2.H2S2/c1-26(2,3)33-25(31)30-11-16-9-10-17(18(16)12-30)13-32-14-19-23(29-34-24(19)15-7-8-15)22-20(27)5-4-6-21(22)28;1-18-7-9-13(17-19-14(9)8-5-6-8)12-10(15)3-2-4-11(12)16;1-12(2,3)15-11(14)13-7-9-5-4-6-10(9)8-13;1-2/h4-6,15-18H,7-14H2,1-3H3;2-4,8H,5-7H2,1H3;9-10H,4-8H2,1-3H3;1-2H. The summed E-state index contributed by atoms with van der Waals surface area (Å²) < 4.78 is 33.7. The molecule has 4 saturated carbocycles. The summed E-state index contributed by atoms with van der Waals surface area (Å²) in [5, 5.41) is 10.8. The molecule has 0 spiro atoms. The van der Waals surface area contributed by atoms with Crippen molar-refractivity contribution in [2.24, 2.45) is 29.6 Å². The molecule has 6 fully saturated rings. The molecule has 12 nitrogen and oxygen atoms in total. The lowest BCUT2D eigenvalue weighted by atomic mass is 9.93. The van der Waals surface area contributed by atoms with Crippen molar-refractivity contribution < 1.29 is 37.6 Å². The van der Waals surface area contributed by atoms with Gasteiger partial charge in [0.2, 0.25) is 0 Å². The largest absolute Gasteiger partial charge is 0.444 e. The van der Waals surface area contributed by atoms with Crippen molar-refractivity contribution in [3.63, 3.8) is 0 Å². The second-order valence-corrected chi connectivity index (χ2v) is 23.0. The van der Waals surface area contributed by atoms with Gasteiger partial charge in [0.1, 0.15) is 34.1 Å². The lowest BCUT2D eigenvalue weighted by molar-refractivity contribution is 0.0256. The molecule has 4 heterocycles. The number of aromatic nitrogens is 2. The zero-order valence-electron chi connectivity index (χ0n) is 41.3. The number of hydrogen-bond acceptors (Lipinski definition) is 12. The van der Waals surface area contributed by atoms with Gasteiger partial charge in [0, 0.05) is 67.4 Å². The molecule has 0 radical (unpaired) electrons. The van der Waals surface area contributed by atoms with Gasteiger partial charge in [-0.3, -0.25) is 0 Å². The Hall–Kier alpha value is -2.82. The highest BCUT2D eigenvalue weighted by Crippen LogP contribution is 2.48. The Balaban J connectivity index is 0.000000168. The summed E-state index contributed by atoms with van der Waals surface area (Å²) in [6.07, 6.45) is 10.3. The highest BCUT2D eigenvalue weighted by molar-refractivity contribution is 8.59. The predicted octanol–water partition coefficient (Wildman–Crippen LogP) is 15.0. The summed E-state index contributed by atoms with van der Waals surface area (Å²) in [7, 11) is 1.65. The van der Waals surface area contributed by atoms with E-state index in [0.29, 0.717) is 92.0 Å². The summed E-state index contributed by atoms with van der Waals surface area (Å²) in [6.45, 7) is 16.3. The van der Waals surface area contributed by atoms with E-state index in [4.69, 9.17) is 74.4 Å². The molecule has 0 bridgehead atoms. The zero-order chi connectivity index (χ0) is 50.5. The summed E-state index contributed by atoms with van der Waals surface area (Å²) in [6, 6.07) is 10.9. The number of methoxy groups -OCH3 is 1. The van der Waals surface area contributed by atoms with Gasteiger partial charge < -0.3 is 37.8 Å². The zero-order valence-corrected chi connectivity index (χ0v) is 46.1. The van der Waals surface area contributed by atoms with Crippen LogP contribution in [0.2, 0.25) is 20.1 Å². The summed E-state index contributed by atoms with van der Waals surface area (Å²) >= 11 is 31.8. The molecule has 2 aromatic heterocycles. The first-order valence-electron chi connectivity index (χ1n) is 24.5. The number of carbonyl (C=O) groups excluding carboxylic acids is 2. The predicted molar refractivity (Wildman–Crippen MR) is 282 cm³/mol. The van der Waals surface area contributed by atoms with Crippen LogP contribution in [0.3, 0.4) is 0 Å². The fourth-order valence-electron chi connectivity index (χ4n) is 10.3. The van der Waals surface area contributed by atoms with Crippen molar-refractivity contribution in [1.29, 1.82) is 0 Å². The van der Waals surface area contributed by atoms with E-state index in [1.54, 1.807) is 19.2 Å². The summed E-state index contributed by atoms with van der Waals surface area (Å²) in [5.74, 6) is 5.57.